The summed E-state index contributed by atoms with van der Waals surface area (Å²) in [7, 11) is 1.72. The number of nitrogens with zero attached hydrogens (tertiary/aromatic N) is 1. The maximum Gasteiger partial charge on any atom is 0.410 e. The lowest BCUT2D eigenvalue weighted by atomic mass is 9.95. The Labute approximate surface area is 109 Å². The minimum atomic E-state index is -0.418. The predicted molar refractivity (Wildman–Crippen MR) is 68.5 cm³/mol. The van der Waals surface area contributed by atoms with Gasteiger partial charge in [-0.2, -0.15) is 0 Å². The smallest absolute Gasteiger partial charge is 0.410 e. The van der Waals surface area contributed by atoms with Gasteiger partial charge in [-0.25, -0.2) is 4.79 Å². The molecule has 0 radical (unpaired) electrons. The van der Waals surface area contributed by atoms with E-state index in [1.807, 2.05) is 25.7 Å². The molecule has 104 valence electrons. The molecule has 2 saturated heterocycles. The highest BCUT2D eigenvalue weighted by molar-refractivity contribution is 5.68. The van der Waals surface area contributed by atoms with Crippen LogP contribution in [0.15, 0.2) is 0 Å². The molecule has 2 rings (SSSR count). The van der Waals surface area contributed by atoms with Crippen LogP contribution < -0.4 is 5.32 Å². The Hall–Kier alpha value is -0.810. The highest BCUT2D eigenvalue weighted by Crippen LogP contribution is 2.31. The van der Waals surface area contributed by atoms with Gasteiger partial charge in [0.25, 0.3) is 0 Å². The van der Waals surface area contributed by atoms with E-state index in [9.17, 15) is 4.79 Å². The SMILES string of the molecule is COCC1NCC2CN(C(=O)OC(C)(C)C)CC21. The predicted octanol–water partition coefficient (Wildman–Crippen LogP) is 1.09. The summed E-state index contributed by atoms with van der Waals surface area (Å²) in [6, 6.07) is 0.368. The number of rotatable bonds is 2. The Balaban J connectivity index is 1.90. The lowest BCUT2D eigenvalue weighted by Gasteiger charge is -2.25. The van der Waals surface area contributed by atoms with Crippen LogP contribution >= 0.6 is 0 Å². The van der Waals surface area contributed by atoms with E-state index in [1.54, 1.807) is 7.11 Å². The van der Waals surface area contributed by atoms with Gasteiger partial charge in [-0.05, 0) is 32.6 Å². The van der Waals surface area contributed by atoms with Crippen molar-refractivity contribution in [3.63, 3.8) is 0 Å². The van der Waals surface area contributed by atoms with Crippen molar-refractivity contribution in [1.82, 2.24) is 10.2 Å². The average molecular weight is 256 g/mol. The first-order chi connectivity index (χ1) is 8.40. The number of amides is 1. The van der Waals surface area contributed by atoms with Crippen LogP contribution in [-0.2, 0) is 9.47 Å². The highest BCUT2D eigenvalue weighted by Gasteiger charge is 2.44. The molecular formula is C13H24N2O3. The fraction of sp³-hybridized carbons (Fsp3) is 0.923. The number of hydrogen-bond donors (Lipinski definition) is 1. The molecule has 3 unspecified atom stereocenters. The molecular weight excluding hydrogens is 232 g/mol. The second kappa shape index (κ2) is 5.05. The number of fused-ring (bicyclic) bond motifs is 1. The minimum Gasteiger partial charge on any atom is -0.444 e. The number of methoxy groups -OCH3 is 1. The molecule has 3 atom stereocenters. The van der Waals surface area contributed by atoms with E-state index in [1.165, 1.54) is 0 Å². The van der Waals surface area contributed by atoms with Crippen LogP contribution in [0.5, 0.6) is 0 Å². The topological polar surface area (TPSA) is 50.8 Å². The fourth-order valence-electron chi connectivity index (χ4n) is 2.86. The lowest BCUT2D eigenvalue weighted by Crippen LogP contribution is -2.40. The van der Waals surface area contributed by atoms with Crippen molar-refractivity contribution in [2.24, 2.45) is 11.8 Å². The Bertz CT molecular complexity index is 312. The summed E-state index contributed by atoms with van der Waals surface area (Å²) >= 11 is 0. The molecule has 5 heteroatoms. The van der Waals surface area contributed by atoms with Gasteiger partial charge < -0.3 is 19.7 Å². The maximum absolute atomic E-state index is 12.0. The Morgan fingerprint density at radius 2 is 2.11 bits per heavy atom. The normalized spacial score (nSPS) is 31.6. The Kier molecular flexibility index (Phi) is 3.82. The molecule has 0 aromatic heterocycles. The quantitative estimate of drug-likeness (QED) is 0.803. The first-order valence-corrected chi connectivity index (χ1v) is 6.61. The fourth-order valence-corrected chi connectivity index (χ4v) is 2.86. The van der Waals surface area contributed by atoms with Crippen molar-refractivity contribution >= 4 is 6.09 Å². The van der Waals surface area contributed by atoms with Gasteiger partial charge in [-0.3, -0.25) is 0 Å². The van der Waals surface area contributed by atoms with Crippen LogP contribution in [-0.4, -0.2) is 56.0 Å². The molecule has 2 aliphatic heterocycles. The standard InChI is InChI=1S/C13H24N2O3/c1-13(2,3)18-12(16)15-6-9-5-14-11(8-17-4)10(9)7-15/h9-11,14H,5-8H2,1-4H3. The number of likely N-dealkylation sites (tertiary alicyclic amines) is 1. The van der Waals surface area contributed by atoms with Gasteiger partial charge in [0.2, 0.25) is 0 Å². The maximum atomic E-state index is 12.0. The van der Waals surface area contributed by atoms with Gasteiger partial charge in [-0.1, -0.05) is 0 Å². The number of nitrogens with one attached hydrogen (secondary N) is 1. The Morgan fingerprint density at radius 3 is 2.72 bits per heavy atom. The van der Waals surface area contributed by atoms with Crippen molar-refractivity contribution < 1.29 is 14.3 Å². The van der Waals surface area contributed by atoms with Crippen LogP contribution in [0.25, 0.3) is 0 Å². The summed E-state index contributed by atoms with van der Waals surface area (Å²) in [5, 5.41) is 3.46. The third-order valence-electron chi connectivity index (χ3n) is 3.65. The molecule has 2 heterocycles. The third-order valence-corrected chi connectivity index (χ3v) is 3.65. The van der Waals surface area contributed by atoms with Crippen molar-refractivity contribution in [3.8, 4) is 0 Å². The van der Waals surface area contributed by atoms with Crippen LogP contribution in [0.2, 0.25) is 0 Å². The van der Waals surface area contributed by atoms with Crippen molar-refractivity contribution in [1.29, 1.82) is 0 Å². The van der Waals surface area contributed by atoms with Gasteiger partial charge in [0.15, 0.2) is 0 Å². The van der Waals surface area contributed by atoms with Crippen LogP contribution in [0, 0.1) is 11.8 Å². The minimum absolute atomic E-state index is 0.187. The lowest BCUT2D eigenvalue weighted by molar-refractivity contribution is 0.0275. The van der Waals surface area contributed by atoms with Crippen LogP contribution in [0.4, 0.5) is 4.79 Å². The molecule has 0 aliphatic carbocycles. The van der Waals surface area contributed by atoms with Crippen LogP contribution in [0.3, 0.4) is 0 Å². The van der Waals surface area contributed by atoms with Crippen molar-refractivity contribution in [2.75, 3.05) is 33.4 Å². The van der Waals surface area contributed by atoms with E-state index in [0.717, 1.165) is 19.6 Å². The molecule has 0 bridgehead atoms. The van der Waals surface area contributed by atoms with E-state index in [4.69, 9.17) is 9.47 Å². The number of carbonyl (C=O) groups is 1. The summed E-state index contributed by atoms with van der Waals surface area (Å²) in [4.78, 5) is 13.8. The van der Waals surface area contributed by atoms with E-state index < -0.39 is 5.60 Å². The highest BCUT2D eigenvalue weighted by atomic mass is 16.6. The van der Waals surface area contributed by atoms with Gasteiger partial charge in [0.1, 0.15) is 5.60 Å². The van der Waals surface area contributed by atoms with Gasteiger partial charge in [0, 0.05) is 32.8 Å². The van der Waals surface area contributed by atoms with E-state index in [-0.39, 0.29) is 6.09 Å². The molecule has 0 spiro atoms. The second-order valence-electron chi connectivity index (χ2n) is 6.28. The summed E-state index contributed by atoms with van der Waals surface area (Å²) in [6.45, 7) is 8.96. The zero-order chi connectivity index (χ0) is 13.3. The monoisotopic (exact) mass is 256 g/mol. The first-order valence-electron chi connectivity index (χ1n) is 6.61. The zero-order valence-corrected chi connectivity index (χ0v) is 11.7. The number of hydrogen-bond acceptors (Lipinski definition) is 4. The summed E-state index contributed by atoms with van der Waals surface area (Å²) in [5.41, 5.74) is -0.418. The van der Waals surface area contributed by atoms with Crippen LogP contribution in [0.1, 0.15) is 20.8 Å². The summed E-state index contributed by atoms with van der Waals surface area (Å²) in [6.07, 6.45) is -0.187. The molecule has 2 fully saturated rings. The van der Waals surface area contributed by atoms with Gasteiger partial charge >= 0.3 is 6.09 Å². The molecule has 5 nitrogen and oxygen atoms in total. The molecule has 18 heavy (non-hydrogen) atoms. The molecule has 1 amide bonds. The first kappa shape index (κ1) is 13.6. The van der Waals surface area contributed by atoms with E-state index in [0.29, 0.717) is 24.5 Å². The molecule has 0 aromatic rings. The number of ether oxygens (including phenoxy) is 2. The zero-order valence-electron chi connectivity index (χ0n) is 11.7. The van der Waals surface area contributed by atoms with Crippen molar-refractivity contribution in [3.05, 3.63) is 0 Å². The van der Waals surface area contributed by atoms with E-state index >= 15 is 0 Å². The van der Waals surface area contributed by atoms with Crippen molar-refractivity contribution in [2.45, 2.75) is 32.4 Å². The summed E-state index contributed by atoms with van der Waals surface area (Å²) in [5.74, 6) is 1.04. The average Bonchev–Trinajstić information content (AvgIpc) is 2.77. The second-order valence-corrected chi connectivity index (χ2v) is 6.28. The molecule has 0 saturated carbocycles. The van der Waals surface area contributed by atoms with Gasteiger partial charge in [-0.15, -0.1) is 0 Å². The molecule has 0 aromatic carbocycles. The third kappa shape index (κ3) is 2.95. The van der Waals surface area contributed by atoms with E-state index in [2.05, 4.69) is 5.32 Å². The molecule has 1 N–H and O–H groups in total. The number of carbonyl (C=O) groups excluding carboxylic acids is 1. The Morgan fingerprint density at radius 1 is 1.39 bits per heavy atom. The summed E-state index contributed by atoms with van der Waals surface area (Å²) < 4.78 is 10.6. The largest absolute Gasteiger partial charge is 0.444 e. The van der Waals surface area contributed by atoms with Gasteiger partial charge in [0.05, 0.1) is 6.61 Å². The molecule has 2 aliphatic rings.